The molecule has 0 unspecified atom stereocenters. The van der Waals surface area contributed by atoms with Crippen molar-refractivity contribution in [3.05, 3.63) is 59.7 Å². The number of benzene rings is 2. The van der Waals surface area contributed by atoms with Gasteiger partial charge in [-0.15, -0.1) is 0 Å². The van der Waals surface area contributed by atoms with E-state index in [1.165, 1.54) is 5.56 Å². The van der Waals surface area contributed by atoms with Crippen LogP contribution < -0.4 is 15.5 Å². The molecule has 0 spiro atoms. The summed E-state index contributed by atoms with van der Waals surface area (Å²) in [4.78, 5) is 19.3. The molecule has 3 rings (SSSR count). The van der Waals surface area contributed by atoms with Crippen molar-refractivity contribution < 1.29 is 9.53 Å². The minimum Gasteiger partial charge on any atom is -0.378 e. The first-order valence-electron chi connectivity index (χ1n) is 9.60. The molecular formula is C22H28N4O2. The quantitative estimate of drug-likeness (QED) is 0.616. The molecule has 28 heavy (non-hydrogen) atoms. The normalized spacial score (nSPS) is 16.7. The standard InChI is InChI=1S/C22H28N4O2/c1-16-9-11-18(12-10-16)24-22(23-15-20-8-5-13-28-20)25-21(27)17-6-4-7-19(14-17)26(2)3/h4,6-7,9-12,14,20H,5,8,13,15H2,1-3H3,(H2,23,24,25,27)/t20-/m1/s1. The Morgan fingerprint density at radius 3 is 2.68 bits per heavy atom. The largest absolute Gasteiger partial charge is 0.378 e. The molecule has 1 saturated heterocycles. The molecule has 0 aromatic heterocycles. The summed E-state index contributed by atoms with van der Waals surface area (Å²) in [7, 11) is 3.90. The van der Waals surface area contributed by atoms with E-state index in [-0.39, 0.29) is 12.0 Å². The molecule has 0 aliphatic carbocycles. The highest BCUT2D eigenvalue weighted by Crippen LogP contribution is 2.15. The fourth-order valence-electron chi connectivity index (χ4n) is 2.97. The maximum Gasteiger partial charge on any atom is 0.258 e. The zero-order chi connectivity index (χ0) is 19.9. The van der Waals surface area contributed by atoms with Gasteiger partial charge in [0, 0.05) is 37.6 Å². The second-order valence-electron chi connectivity index (χ2n) is 7.21. The molecule has 6 nitrogen and oxygen atoms in total. The predicted molar refractivity (Wildman–Crippen MR) is 114 cm³/mol. The van der Waals surface area contributed by atoms with E-state index >= 15 is 0 Å². The third-order valence-corrected chi connectivity index (χ3v) is 4.65. The van der Waals surface area contributed by atoms with Crippen LogP contribution in [0.1, 0.15) is 28.8 Å². The highest BCUT2D eigenvalue weighted by atomic mass is 16.5. The maximum atomic E-state index is 12.8. The van der Waals surface area contributed by atoms with E-state index in [1.54, 1.807) is 6.07 Å². The van der Waals surface area contributed by atoms with Crippen molar-refractivity contribution in [2.75, 3.05) is 37.5 Å². The van der Waals surface area contributed by atoms with Crippen LogP contribution in [0.25, 0.3) is 0 Å². The van der Waals surface area contributed by atoms with Crippen LogP contribution in [0, 0.1) is 6.92 Å². The van der Waals surface area contributed by atoms with Crippen molar-refractivity contribution in [2.45, 2.75) is 25.9 Å². The molecule has 1 fully saturated rings. The smallest absolute Gasteiger partial charge is 0.258 e. The van der Waals surface area contributed by atoms with Gasteiger partial charge in [-0.1, -0.05) is 23.8 Å². The fraction of sp³-hybridized carbons (Fsp3) is 0.364. The lowest BCUT2D eigenvalue weighted by Crippen LogP contribution is -2.36. The Kier molecular flexibility index (Phi) is 6.66. The lowest BCUT2D eigenvalue weighted by atomic mass is 10.2. The zero-order valence-electron chi connectivity index (χ0n) is 16.7. The Morgan fingerprint density at radius 2 is 2.00 bits per heavy atom. The molecule has 6 heteroatoms. The number of amides is 1. The van der Waals surface area contributed by atoms with Crippen molar-refractivity contribution in [1.29, 1.82) is 0 Å². The topological polar surface area (TPSA) is 66.0 Å². The van der Waals surface area contributed by atoms with Crippen LogP contribution in [0.4, 0.5) is 11.4 Å². The number of hydrogen-bond donors (Lipinski definition) is 2. The van der Waals surface area contributed by atoms with Gasteiger partial charge in [0.15, 0.2) is 0 Å². The summed E-state index contributed by atoms with van der Waals surface area (Å²) in [6.45, 7) is 3.34. The number of carbonyl (C=O) groups is 1. The Hall–Kier alpha value is -2.86. The van der Waals surface area contributed by atoms with E-state index < -0.39 is 0 Å². The molecule has 148 valence electrons. The second kappa shape index (κ2) is 9.37. The van der Waals surface area contributed by atoms with E-state index in [0.29, 0.717) is 18.1 Å². The summed E-state index contributed by atoms with van der Waals surface area (Å²) in [6.07, 6.45) is 2.17. The monoisotopic (exact) mass is 380 g/mol. The van der Waals surface area contributed by atoms with E-state index in [4.69, 9.17) is 4.74 Å². The molecule has 2 N–H and O–H groups in total. The number of carbonyl (C=O) groups excluding carboxylic acids is 1. The second-order valence-corrected chi connectivity index (χ2v) is 7.21. The average Bonchev–Trinajstić information content (AvgIpc) is 3.21. The van der Waals surface area contributed by atoms with Gasteiger partial charge in [-0.25, -0.2) is 4.99 Å². The van der Waals surface area contributed by atoms with Crippen LogP contribution >= 0.6 is 0 Å². The number of aliphatic imine (C=N–C) groups is 1. The number of nitrogens with one attached hydrogen (secondary N) is 2. The Balaban J connectivity index is 1.75. The Morgan fingerprint density at radius 1 is 1.21 bits per heavy atom. The number of hydrogen-bond acceptors (Lipinski definition) is 4. The first-order valence-corrected chi connectivity index (χ1v) is 9.60. The van der Waals surface area contributed by atoms with E-state index in [9.17, 15) is 4.79 Å². The molecule has 1 aliphatic rings. The highest BCUT2D eigenvalue weighted by molar-refractivity contribution is 6.10. The lowest BCUT2D eigenvalue weighted by Gasteiger charge is -2.15. The van der Waals surface area contributed by atoms with Crippen molar-refractivity contribution in [2.24, 2.45) is 4.99 Å². The summed E-state index contributed by atoms with van der Waals surface area (Å²) in [5, 5.41) is 6.13. The molecule has 0 radical (unpaired) electrons. The number of anilines is 2. The average molecular weight is 380 g/mol. The fourth-order valence-corrected chi connectivity index (χ4v) is 2.97. The highest BCUT2D eigenvalue weighted by Gasteiger charge is 2.16. The van der Waals surface area contributed by atoms with Gasteiger partial charge < -0.3 is 15.0 Å². The molecule has 0 saturated carbocycles. The summed E-state index contributed by atoms with van der Waals surface area (Å²) >= 11 is 0. The van der Waals surface area contributed by atoms with Gasteiger partial charge in [-0.05, 0) is 50.1 Å². The Labute approximate surface area is 166 Å². The molecule has 0 bridgehead atoms. The minimum absolute atomic E-state index is 0.115. The van der Waals surface area contributed by atoms with Gasteiger partial charge >= 0.3 is 0 Å². The zero-order valence-corrected chi connectivity index (χ0v) is 16.7. The number of guanidine groups is 1. The third kappa shape index (κ3) is 5.57. The number of rotatable bonds is 5. The van der Waals surface area contributed by atoms with Gasteiger partial charge in [0.1, 0.15) is 0 Å². The molecule has 1 amide bonds. The number of aryl methyl sites for hydroxylation is 1. The molecule has 2 aromatic carbocycles. The molecule has 1 aliphatic heterocycles. The molecular weight excluding hydrogens is 352 g/mol. The number of nitrogens with zero attached hydrogens (tertiary/aromatic N) is 2. The first kappa shape index (κ1) is 19.9. The van der Waals surface area contributed by atoms with Crippen molar-refractivity contribution in [3.8, 4) is 0 Å². The minimum atomic E-state index is -0.200. The Bertz CT molecular complexity index is 825. The number of ether oxygens (including phenoxy) is 1. The first-order chi connectivity index (χ1) is 13.5. The summed E-state index contributed by atoms with van der Waals surface area (Å²) < 4.78 is 5.65. The molecule has 2 aromatic rings. The summed E-state index contributed by atoms with van der Waals surface area (Å²) in [5.41, 5.74) is 3.60. The van der Waals surface area contributed by atoms with Gasteiger partial charge in [0.2, 0.25) is 5.96 Å². The predicted octanol–water partition coefficient (Wildman–Crippen LogP) is 3.44. The van der Waals surface area contributed by atoms with Crippen molar-refractivity contribution in [1.82, 2.24) is 5.32 Å². The SMILES string of the molecule is Cc1ccc(NC(=NC[C@H]2CCCO2)NC(=O)c2cccc(N(C)C)c2)cc1. The van der Waals surface area contributed by atoms with Crippen LogP contribution in [0.3, 0.4) is 0 Å². The van der Waals surface area contributed by atoms with Crippen molar-refractivity contribution in [3.63, 3.8) is 0 Å². The third-order valence-electron chi connectivity index (χ3n) is 4.65. The van der Waals surface area contributed by atoms with E-state index in [0.717, 1.165) is 30.8 Å². The molecule has 1 heterocycles. The van der Waals surface area contributed by atoms with Crippen LogP contribution in [-0.4, -0.2) is 45.2 Å². The maximum absolute atomic E-state index is 12.8. The van der Waals surface area contributed by atoms with Gasteiger partial charge in [0.25, 0.3) is 5.91 Å². The van der Waals surface area contributed by atoms with Gasteiger partial charge in [-0.3, -0.25) is 10.1 Å². The van der Waals surface area contributed by atoms with Gasteiger partial charge in [0.05, 0.1) is 12.6 Å². The van der Waals surface area contributed by atoms with Crippen LogP contribution in [-0.2, 0) is 4.74 Å². The summed E-state index contributed by atoms with van der Waals surface area (Å²) in [5.74, 6) is 0.231. The van der Waals surface area contributed by atoms with Crippen molar-refractivity contribution >= 4 is 23.2 Å². The summed E-state index contributed by atoms with van der Waals surface area (Å²) in [6, 6.07) is 15.5. The van der Waals surface area contributed by atoms with Gasteiger partial charge in [-0.2, -0.15) is 0 Å². The molecule has 1 atom stereocenters. The van der Waals surface area contributed by atoms with Crippen LogP contribution in [0.2, 0.25) is 0 Å². The lowest BCUT2D eigenvalue weighted by molar-refractivity contribution is 0.0975. The van der Waals surface area contributed by atoms with E-state index in [2.05, 4.69) is 15.6 Å². The van der Waals surface area contributed by atoms with Crippen LogP contribution in [0.15, 0.2) is 53.5 Å². The van der Waals surface area contributed by atoms with Crippen LogP contribution in [0.5, 0.6) is 0 Å². The van der Waals surface area contributed by atoms with E-state index in [1.807, 2.05) is 68.4 Å².